The molecule has 0 spiro atoms. The molecule has 0 unspecified atom stereocenters. The van der Waals surface area contributed by atoms with E-state index in [0.29, 0.717) is 5.92 Å². The van der Waals surface area contributed by atoms with Crippen molar-refractivity contribution in [1.82, 2.24) is 9.88 Å². The van der Waals surface area contributed by atoms with Crippen molar-refractivity contribution in [3.05, 3.63) is 46.4 Å². The maximum absolute atomic E-state index is 12.5. The van der Waals surface area contributed by atoms with Crippen molar-refractivity contribution in [1.29, 1.82) is 0 Å². The fraction of sp³-hybridized carbons (Fsp3) is 0.474. The quantitative estimate of drug-likeness (QED) is 0.914. The molecule has 4 heterocycles. The standard InChI is InChI=1S/C19H23N3O2S/c1-13-4-5-16(25-13)11-22-8-6-14-9-17(24-18(14)12-22)19(23)21-15-3-2-7-20-10-15/h2-5,7,10,14,17-18H,6,8-9,11-12H2,1H3,(H,21,23)/t14-,17+,18-/m0/s1. The van der Waals surface area contributed by atoms with Crippen molar-refractivity contribution in [2.45, 2.75) is 38.5 Å². The highest BCUT2D eigenvalue weighted by Crippen LogP contribution is 2.34. The van der Waals surface area contributed by atoms with Gasteiger partial charge in [-0.05, 0) is 56.5 Å². The molecule has 25 heavy (non-hydrogen) atoms. The van der Waals surface area contributed by atoms with Crippen molar-refractivity contribution in [3.8, 4) is 0 Å². The summed E-state index contributed by atoms with van der Waals surface area (Å²) in [7, 11) is 0. The molecule has 2 aliphatic rings. The molecule has 3 atom stereocenters. The summed E-state index contributed by atoms with van der Waals surface area (Å²) in [6.45, 7) is 5.13. The number of carbonyl (C=O) groups is 1. The van der Waals surface area contributed by atoms with E-state index in [9.17, 15) is 4.79 Å². The average Bonchev–Trinajstić information content (AvgIpc) is 3.21. The van der Waals surface area contributed by atoms with Crippen LogP contribution < -0.4 is 5.32 Å². The van der Waals surface area contributed by atoms with E-state index in [1.165, 1.54) is 9.75 Å². The van der Waals surface area contributed by atoms with Crippen molar-refractivity contribution in [3.63, 3.8) is 0 Å². The Bertz CT molecular complexity index is 733. The summed E-state index contributed by atoms with van der Waals surface area (Å²) in [5.74, 6) is 0.439. The minimum atomic E-state index is -0.348. The molecular weight excluding hydrogens is 334 g/mol. The van der Waals surface area contributed by atoms with Crippen molar-refractivity contribution in [2.24, 2.45) is 5.92 Å². The number of aryl methyl sites for hydroxylation is 1. The van der Waals surface area contributed by atoms with Crippen LogP contribution in [0.3, 0.4) is 0 Å². The lowest BCUT2D eigenvalue weighted by atomic mass is 9.91. The molecule has 2 saturated heterocycles. The topological polar surface area (TPSA) is 54.5 Å². The Morgan fingerprint density at radius 2 is 2.36 bits per heavy atom. The number of carbonyl (C=O) groups excluding carboxylic acids is 1. The molecule has 2 fully saturated rings. The summed E-state index contributed by atoms with van der Waals surface area (Å²) < 4.78 is 6.10. The number of hydrogen-bond acceptors (Lipinski definition) is 5. The van der Waals surface area contributed by atoms with Crippen LogP contribution in [0.5, 0.6) is 0 Å². The van der Waals surface area contributed by atoms with Gasteiger partial charge in [-0.3, -0.25) is 14.7 Å². The van der Waals surface area contributed by atoms with Gasteiger partial charge in [-0.25, -0.2) is 0 Å². The number of nitrogens with zero attached hydrogens (tertiary/aromatic N) is 2. The molecule has 0 aliphatic carbocycles. The van der Waals surface area contributed by atoms with Crippen LogP contribution in [0.2, 0.25) is 0 Å². The van der Waals surface area contributed by atoms with Gasteiger partial charge in [0.25, 0.3) is 5.91 Å². The molecule has 0 saturated carbocycles. The third kappa shape index (κ3) is 3.92. The Hall–Kier alpha value is -1.76. The normalized spacial score (nSPS) is 26.4. The summed E-state index contributed by atoms with van der Waals surface area (Å²) in [5.41, 5.74) is 0.723. The molecule has 5 nitrogen and oxygen atoms in total. The first-order chi connectivity index (χ1) is 12.2. The fourth-order valence-electron chi connectivity index (χ4n) is 3.76. The first kappa shape index (κ1) is 16.7. The van der Waals surface area contributed by atoms with Gasteiger partial charge in [0.2, 0.25) is 0 Å². The number of aromatic nitrogens is 1. The van der Waals surface area contributed by atoms with Gasteiger partial charge in [0.15, 0.2) is 0 Å². The van der Waals surface area contributed by atoms with Gasteiger partial charge in [0.05, 0.1) is 18.0 Å². The lowest BCUT2D eigenvalue weighted by molar-refractivity contribution is -0.127. The van der Waals surface area contributed by atoms with E-state index >= 15 is 0 Å². The van der Waals surface area contributed by atoms with E-state index < -0.39 is 0 Å². The number of rotatable bonds is 4. The predicted octanol–water partition coefficient (Wildman–Crippen LogP) is 3.07. The van der Waals surface area contributed by atoms with Crippen LogP contribution in [0, 0.1) is 12.8 Å². The van der Waals surface area contributed by atoms with Crippen molar-refractivity contribution >= 4 is 22.9 Å². The average molecular weight is 357 g/mol. The number of amides is 1. The van der Waals surface area contributed by atoms with Gasteiger partial charge >= 0.3 is 0 Å². The Morgan fingerprint density at radius 1 is 1.44 bits per heavy atom. The number of fused-ring (bicyclic) bond motifs is 1. The van der Waals surface area contributed by atoms with Gasteiger partial charge in [-0.2, -0.15) is 0 Å². The Labute approximate surface area is 152 Å². The van der Waals surface area contributed by atoms with Gasteiger partial charge in [-0.15, -0.1) is 11.3 Å². The first-order valence-electron chi connectivity index (χ1n) is 8.81. The summed E-state index contributed by atoms with van der Waals surface area (Å²) in [6.07, 6.45) is 5.09. The van der Waals surface area contributed by atoms with Crippen LogP contribution in [-0.4, -0.2) is 41.1 Å². The van der Waals surface area contributed by atoms with Crippen LogP contribution in [0.1, 0.15) is 22.6 Å². The third-order valence-corrected chi connectivity index (χ3v) is 6.02. The minimum Gasteiger partial charge on any atom is -0.364 e. The summed E-state index contributed by atoms with van der Waals surface area (Å²) in [6, 6.07) is 8.05. The number of thiophene rings is 1. The van der Waals surface area contributed by atoms with Crippen molar-refractivity contribution in [2.75, 3.05) is 18.4 Å². The maximum Gasteiger partial charge on any atom is 0.253 e. The summed E-state index contributed by atoms with van der Waals surface area (Å²) in [5, 5.41) is 2.91. The van der Waals surface area contributed by atoms with Crippen LogP contribution in [0.15, 0.2) is 36.7 Å². The molecule has 0 radical (unpaired) electrons. The Morgan fingerprint density at radius 3 is 3.12 bits per heavy atom. The molecule has 6 heteroatoms. The molecule has 2 aromatic rings. The second-order valence-corrected chi connectivity index (χ2v) is 8.30. The molecule has 2 aromatic heterocycles. The molecular formula is C19H23N3O2S. The molecule has 0 bridgehead atoms. The second kappa shape index (κ2) is 7.23. The number of anilines is 1. The van der Waals surface area contributed by atoms with Crippen LogP contribution in [0.25, 0.3) is 0 Å². The highest BCUT2D eigenvalue weighted by molar-refractivity contribution is 7.11. The zero-order valence-corrected chi connectivity index (χ0v) is 15.2. The second-order valence-electron chi connectivity index (χ2n) is 6.93. The summed E-state index contributed by atoms with van der Waals surface area (Å²) >= 11 is 1.86. The molecule has 0 aromatic carbocycles. The predicted molar refractivity (Wildman–Crippen MR) is 98.6 cm³/mol. The van der Waals surface area contributed by atoms with E-state index in [-0.39, 0.29) is 18.1 Å². The lowest BCUT2D eigenvalue weighted by Gasteiger charge is -2.33. The number of ether oxygens (including phenoxy) is 1. The first-order valence-corrected chi connectivity index (χ1v) is 9.63. The van der Waals surface area contributed by atoms with E-state index in [4.69, 9.17) is 4.74 Å². The summed E-state index contributed by atoms with van der Waals surface area (Å²) in [4.78, 5) is 21.7. The van der Waals surface area contributed by atoms with Gasteiger partial charge in [0, 0.05) is 29.0 Å². The van der Waals surface area contributed by atoms with E-state index in [1.807, 2.05) is 23.5 Å². The smallest absolute Gasteiger partial charge is 0.253 e. The largest absolute Gasteiger partial charge is 0.364 e. The van der Waals surface area contributed by atoms with Gasteiger partial charge in [-0.1, -0.05) is 0 Å². The number of likely N-dealkylation sites (tertiary alicyclic amines) is 1. The molecule has 1 amide bonds. The monoisotopic (exact) mass is 357 g/mol. The Kier molecular flexibility index (Phi) is 4.83. The van der Waals surface area contributed by atoms with Crippen LogP contribution in [0.4, 0.5) is 5.69 Å². The number of nitrogens with one attached hydrogen (secondary N) is 1. The molecule has 4 rings (SSSR count). The van der Waals surface area contributed by atoms with E-state index in [0.717, 1.165) is 38.2 Å². The lowest BCUT2D eigenvalue weighted by Crippen LogP contribution is -2.41. The minimum absolute atomic E-state index is 0.0529. The highest BCUT2D eigenvalue weighted by Gasteiger charge is 2.41. The molecule has 2 aliphatic heterocycles. The van der Waals surface area contributed by atoms with Crippen molar-refractivity contribution < 1.29 is 9.53 Å². The van der Waals surface area contributed by atoms with Gasteiger partial charge < -0.3 is 10.1 Å². The number of hydrogen-bond donors (Lipinski definition) is 1. The van der Waals surface area contributed by atoms with Crippen LogP contribution >= 0.6 is 11.3 Å². The van der Waals surface area contributed by atoms with E-state index in [2.05, 4.69) is 34.3 Å². The molecule has 1 N–H and O–H groups in total. The zero-order valence-electron chi connectivity index (χ0n) is 14.4. The number of piperidine rings is 1. The fourth-order valence-corrected chi connectivity index (χ4v) is 4.69. The van der Waals surface area contributed by atoms with Gasteiger partial charge in [0.1, 0.15) is 6.10 Å². The van der Waals surface area contributed by atoms with E-state index in [1.54, 1.807) is 12.4 Å². The third-order valence-electron chi connectivity index (χ3n) is 5.03. The number of pyridine rings is 1. The molecule has 132 valence electrons. The SMILES string of the molecule is Cc1ccc(CN2CC[C@H]3C[C@H](C(=O)Nc4cccnc4)O[C@H]3C2)s1. The maximum atomic E-state index is 12.5. The Balaban J connectivity index is 1.33. The highest BCUT2D eigenvalue weighted by atomic mass is 32.1. The zero-order chi connectivity index (χ0) is 17.2. The van der Waals surface area contributed by atoms with Crippen LogP contribution in [-0.2, 0) is 16.1 Å².